The van der Waals surface area contributed by atoms with Crippen molar-refractivity contribution in [3.8, 4) is 11.5 Å². The Labute approximate surface area is 176 Å². The van der Waals surface area contributed by atoms with E-state index in [4.69, 9.17) is 18.9 Å². The molecule has 0 saturated heterocycles. The van der Waals surface area contributed by atoms with Gasteiger partial charge in [-0.3, -0.25) is 9.59 Å². The molecule has 30 heavy (non-hydrogen) atoms. The summed E-state index contributed by atoms with van der Waals surface area (Å²) in [6.45, 7) is 7.08. The molecule has 0 radical (unpaired) electrons. The van der Waals surface area contributed by atoms with E-state index in [-0.39, 0.29) is 23.2 Å². The molecule has 7 nitrogen and oxygen atoms in total. The molecule has 0 aromatic heterocycles. The average Bonchev–Trinajstić information content (AvgIpc) is 2.84. The fourth-order valence-electron chi connectivity index (χ4n) is 5.21. The number of ketones is 1. The molecule has 2 bridgehead atoms. The quantitative estimate of drug-likeness (QED) is 0.539. The van der Waals surface area contributed by atoms with E-state index < -0.39 is 29.0 Å². The molecule has 2 aliphatic rings. The fourth-order valence-corrected chi connectivity index (χ4v) is 5.21. The molecular formula is C23H28O7. The van der Waals surface area contributed by atoms with Crippen LogP contribution >= 0.6 is 0 Å². The molecule has 1 N–H and O–H groups in total. The summed E-state index contributed by atoms with van der Waals surface area (Å²) in [5, 5.41) is 10.1. The highest BCUT2D eigenvalue weighted by Crippen LogP contribution is 2.63. The van der Waals surface area contributed by atoms with E-state index in [0.29, 0.717) is 12.2 Å². The number of carbonyl (C=O) groups is 2. The van der Waals surface area contributed by atoms with E-state index in [1.807, 2.05) is 6.92 Å². The number of ether oxygens (including phenoxy) is 4. The molecule has 5 unspecified atom stereocenters. The highest BCUT2D eigenvalue weighted by molar-refractivity contribution is 6.01. The van der Waals surface area contributed by atoms with Crippen molar-refractivity contribution in [3.05, 3.63) is 48.3 Å². The van der Waals surface area contributed by atoms with Crippen molar-refractivity contribution < 1.29 is 33.6 Å². The lowest BCUT2D eigenvalue weighted by Crippen LogP contribution is -2.58. The van der Waals surface area contributed by atoms with E-state index in [9.17, 15) is 14.7 Å². The van der Waals surface area contributed by atoms with Crippen LogP contribution in [-0.2, 0) is 23.8 Å². The maximum absolute atomic E-state index is 14.0. The van der Waals surface area contributed by atoms with Crippen molar-refractivity contribution in [3.63, 3.8) is 0 Å². The number of phenolic OH excluding ortho intramolecular Hbond substituents is 1. The van der Waals surface area contributed by atoms with Gasteiger partial charge in [0, 0.05) is 20.0 Å². The predicted octanol–water partition coefficient (Wildman–Crippen LogP) is 3.13. The van der Waals surface area contributed by atoms with Crippen molar-refractivity contribution in [2.45, 2.75) is 37.9 Å². The maximum atomic E-state index is 14.0. The Balaban J connectivity index is 2.32. The van der Waals surface area contributed by atoms with Crippen LogP contribution in [-0.4, -0.2) is 49.9 Å². The Bertz CT molecular complexity index is 905. The van der Waals surface area contributed by atoms with Gasteiger partial charge in [-0.15, -0.1) is 6.58 Å². The first-order chi connectivity index (χ1) is 14.2. The number of benzene rings is 1. The van der Waals surface area contributed by atoms with Crippen LogP contribution in [0.15, 0.2) is 42.7 Å². The summed E-state index contributed by atoms with van der Waals surface area (Å²) in [4.78, 5) is 25.9. The average molecular weight is 416 g/mol. The van der Waals surface area contributed by atoms with Crippen molar-refractivity contribution >= 4 is 11.8 Å². The monoisotopic (exact) mass is 416 g/mol. The standard InChI is InChI=1S/C23H28O7/c1-7-10-22-12-18(28-5)20(30-14(3)24)23(29-6,21(22)26)19(13(22)2)15-8-9-16(25)17(11-15)27-4/h7-9,11-13,19-20,25H,1,10H2,2-6H3. The van der Waals surface area contributed by atoms with Gasteiger partial charge in [-0.05, 0) is 36.1 Å². The summed E-state index contributed by atoms with van der Waals surface area (Å²) in [5.41, 5.74) is -1.72. The zero-order valence-electron chi connectivity index (χ0n) is 17.9. The van der Waals surface area contributed by atoms with Gasteiger partial charge in [0.15, 0.2) is 29.0 Å². The Morgan fingerprint density at radius 1 is 1.27 bits per heavy atom. The lowest BCUT2D eigenvalue weighted by molar-refractivity contribution is -0.177. The van der Waals surface area contributed by atoms with E-state index in [0.717, 1.165) is 5.56 Å². The Morgan fingerprint density at radius 2 is 1.97 bits per heavy atom. The molecule has 0 heterocycles. The van der Waals surface area contributed by atoms with Gasteiger partial charge in [0.2, 0.25) is 0 Å². The van der Waals surface area contributed by atoms with Crippen molar-refractivity contribution in [1.82, 2.24) is 0 Å². The summed E-state index contributed by atoms with van der Waals surface area (Å²) in [6, 6.07) is 4.93. The van der Waals surface area contributed by atoms with Crippen molar-refractivity contribution in [2.24, 2.45) is 11.3 Å². The smallest absolute Gasteiger partial charge is 0.303 e. The number of rotatable bonds is 7. The molecule has 0 aliphatic heterocycles. The summed E-state index contributed by atoms with van der Waals surface area (Å²) >= 11 is 0. The fraction of sp³-hybridized carbons (Fsp3) is 0.478. The molecule has 0 spiro atoms. The molecule has 162 valence electrons. The first-order valence-electron chi connectivity index (χ1n) is 9.75. The van der Waals surface area contributed by atoms with Gasteiger partial charge in [0.1, 0.15) is 5.76 Å². The van der Waals surface area contributed by atoms with Crippen LogP contribution in [0.2, 0.25) is 0 Å². The number of phenols is 1. The van der Waals surface area contributed by atoms with Crippen LogP contribution in [0.1, 0.15) is 31.7 Å². The molecule has 0 amide bonds. The Hall–Kier alpha value is -2.80. The number of carbonyl (C=O) groups excluding carboxylic acids is 2. The van der Waals surface area contributed by atoms with Crippen LogP contribution in [0.5, 0.6) is 11.5 Å². The van der Waals surface area contributed by atoms with Crippen molar-refractivity contribution in [2.75, 3.05) is 21.3 Å². The number of fused-ring (bicyclic) bond motifs is 2. The second-order valence-electron chi connectivity index (χ2n) is 7.80. The molecule has 1 fully saturated rings. The third kappa shape index (κ3) is 2.83. The molecule has 1 aromatic carbocycles. The van der Waals surface area contributed by atoms with Crippen LogP contribution < -0.4 is 4.74 Å². The van der Waals surface area contributed by atoms with Crippen LogP contribution in [0.3, 0.4) is 0 Å². The van der Waals surface area contributed by atoms with Gasteiger partial charge in [0.05, 0.1) is 19.6 Å². The third-order valence-electron chi connectivity index (χ3n) is 6.50. The first kappa shape index (κ1) is 21.9. The van der Waals surface area contributed by atoms with Crippen LogP contribution in [0.25, 0.3) is 0 Å². The second-order valence-corrected chi connectivity index (χ2v) is 7.80. The number of hydrogen-bond acceptors (Lipinski definition) is 7. The zero-order valence-corrected chi connectivity index (χ0v) is 17.9. The van der Waals surface area contributed by atoms with Gasteiger partial charge in [-0.2, -0.15) is 0 Å². The topological polar surface area (TPSA) is 91.3 Å². The maximum Gasteiger partial charge on any atom is 0.303 e. The largest absolute Gasteiger partial charge is 0.504 e. The van der Waals surface area contributed by atoms with E-state index in [1.165, 1.54) is 34.3 Å². The number of Topliss-reactive ketones (excluding diaryl/α,β-unsaturated/α-hetero) is 1. The number of allylic oxidation sites excluding steroid dienone is 2. The summed E-state index contributed by atoms with van der Waals surface area (Å²) in [7, 11) is 4.37. The second kappa shape index (κ2) is 7.80. The lowest BCUT2D eigenvalue weighted by atomic mass is 9.70. The van der Waals surface area contributed by atoms with Gasteiger partial charge >= 0.3 is 5.97 Å². The number of esters is 1. The van der Waals surface area contributed by atoms with Gasteiger partial charge in [0.25, 0.3) is 0 Å². The van der Waals surface area contributed by atoms with E-state index >= 15 is 0 Å². The van der Waals surface area contributed by atoms with Crippen molar-refractivity contribution in [1.29, 1.82) is 0 Å². The molecule has 1 aromatic rings. The van der Waals surface area contributed by atoms with Crippen LogP contribution in [0.4, 0.5) is 0 Å². The predicted molar refractivity (Wildman–Crippen MR) is 109 cm³/mol. The minimum atomic E-state index is -1.50. The summed E-state index contributed by atoms with van der Waals surface area (Å²) in [6.07, 6.45) is 2.78. The molecule has 2 aliphatic carbocycles. The molecule has 7 heteroatoms. The SMILES string of the molecule is C=CCC12C=C(OC)C(OC(C)=O)C(OC)(C1=O)C(c1ccc(O)c(OC)c1)C2C. The Morgan fingerprint density at radius 3 is 2.50 bits per heavy atom. The van der Waals surface area contributed by atoms with E-state index in [2.05, 4.69) is 6.58 Å². The molecule has 3 rings (SSSR count). The molecule has 5 atom stereocenters. The van der Waals surface area contributed by atoms with E-state index in [1.54, 1.807) is 24.3 Å². The van der Waals surface area contributed by atoms with Crippen LogP contribution in [0, 0.1) is 11.3 Å². The van der Waals surface area contributed by atoms with Gasteiger partial charge < -0.3 is 24.1 Å². The third-order valence-corrected chi connectivity index (χ3v) is 6.50. The number of hydrogen-bond donors (Lipinski definition) is 1. The molecular weight excluding hydrogens is 388 g/mol. The Kier molecular flexibility index (Phi) is 5.69. The summed E-state index contributed by atoms with van der Waals surface area (Å²) in [5.74, 6) is -0.851. The zero-order chi connectivity index (χ0) is 22.3. The lowest BCUT2D eigenvalue weighted by Gasteiger charge is -2.42. The number of aromatic hydroxyl groups is 1. The number of methoxy groups -OCH3 is 3. The normalized spacial score (nSPS) is 32.4. The molecule has 1 saturated carbocycles. The highest BCUT2D eigenvalue weighted by atomic mass is 16.6. The minimum absolute atomic E-state index is 0.0132. The minimum Gasteiger partial charge on any atom is -0.504 e. The van der Waals surface area contributed by atoms with Gasteiger partial charge in [-0.25, -0.2) is 0 Å². The first-order valence-corrected chi connectivity index (χ1v) is 9.75. The van der Waals surface area contributed by atoms with Gasteiger partial charge in [-0.1, -0.05) is 19.1 Å². The highest BCUT2D eigenvalue weighted by Gasteiger charge is 2.73. The summed E-state index contributed by atoms with van der Waals surface area (Å²) < 4.78 is 22.4.